The van der Waals surface area contributed by atoms with Crippen LogP contribution in [0.3, 0.4) is 0 Å². The molecule has 0 aliphatic carbocycles. The molecule has 0 unspecified atom stereocenters. The second kappa shape index (κ2) is 7.03. The van der Waals surface area contributed by atoms with Crippen molar-refractivity contribution in [3.05, 3.63) is 78.3 Å². The average Bonchev–Trinajstić information content (AvgIpc) is 3.52. The van der Waals surface area contributed by atoms with Crippen molar-refractivity contribution in [1.29, 1.82) is 0 Å². The van der Waals surface area contributed by atoms with E-state index in [9.17, 15) is 14.0 Å². The van der Waals surface area contributed by atoms with Gasteiger partial charge in [0.1, 0.15) is 11.4 Å². The summed E-state index contributed by atoms with van der Waals surface area (Å²) in [5.74, 6) is -1.99. The highest BCUT2D eigenvalue weighted by molar-refractivity contribution is 5.99. The maximum Gasteiger partial charge on any atom is 0.231 e. The number of likely N-dealkylation sites (tertiary alicyclic amines) is 1. The summed E-state index contributed by atoms with van der Waals surface area (Å²) in [6.45, 7) is 0.995. The fourth-order valence-corrected chi connectivity index (χ4v) is 5.45. The van der Waals surface area contributed by atoms with Crippen LogP contribution in [0, 0.1) is 17.7 Å². The number of nitrogens with one attached hydrogen (secondary N) is 2. The number of amides is 2. The van der Waals surface area contributed by atoms with Crippen molar-refractivity contribution in [3.63, 3.8) is 0 Å². The van der Waals surface area contributed by atoms with E-state index in [1.165, 1.54) is 18.2 Å². The predicted octanol–water partition coefficient (Wildman–Crippen LogP) is 3.27. The minimum absolute atomic E-state index is 0.0592. The van der Waals surface area contributed by atoms with Gasteiger partial charge in [0.25, 0.3) is 0 Å². The first-order chi connectivity index (χ1) is 15.5. The van der Waals surface area contributed by atoms with E-state index in [0.29, 0.717) is 25.2 Å². The molecule has 162 valence electrons. The molecular weight excluding hydrogens is 409 g/mol. The first-order valence-electron chi connectivity index (χ1n) is 10.8. The molecule has 7 heteroatoms. The number of nitrogens with zero attached hydrogens (tertiary/aromatic N) is 1. The third kappa shape index (κ3) is 2.88. The van der Waals surface area contributed by atoms with Crippen LogP contribution in [-0.2, 0) is 20.7 Å². The molecule has 2 saturated heterocycles. The van der Waals surface area contributed by atoms with E-state index in [0.717, 1.165) is 16.5 Å². The van der Waals surface area contributed by atoms with Gasteiger partial charge in [-0.2, -0.15) is 0 Å². The van der Waals surface area contributed by atoms with Gasteiger partial charge in [0.2, 0.25) is 11.8 Å². The number of aromatic amines is 1. The normalized spacial score (nSPS) is 28.0. The number of aromatic nitrogens is 1. The number of halogens is 1. The van der Waals surface area contributed by atoms with Crippen molar-refractivity contribution in [2.75, 3.05) is 18.4 Å². The third-order valence-electron chi connectivity index (χ3n) is 6.90. The standard InChI is InChI=1S/C25H22FN3O3/c26-16-4-3-5-17(12-16)28-23(30)21-20-8-10-25(32-20)14-29(24(31)22(21)25)11-9-15-13-27-19-7-2-1-6-18(15)19/h1-8,10,12-13,20-22,27H,9,11,14H2,(H,28,30)/t20-,21-,22+,25-/m0/s1. The van der Waals surface area contributed by atoms with Gasteiger partial charge in [0.05, 0.1) is 24.5 Å². The molecule has 1 spiro atoms. The van der Waals surface area contributed by atoms with Crippen LogP contribution in [0.2, 0.25) is 0 Å². The predicted molar refractivity (Wildman–Crippen MR) is 117 cm³/mol. The van der Waals surface area contributed by atoms with Crippen LogP contribution in [0.15, 0.2) is 66.9 Å². The lowest BCUT2D eigenvalue weighted by atomic mass is 9.77. The maximum absolute atomic E-state index is 13.5. The van der Waals surface area contributed by atoms with Crippen LogP contribution in [0.25, 0.3) is 10.9 Å². The van der Waals surface area contributed by atoms with Gasteiger partial charge in [-0.25, -0.2) is 4.39 Å². The van der Waals surface area contributed by atoms with Crippen molar-refractivity contribution >= 4 is 28.4 Å². The van der Waals surface area contributed by atoms with E-state index in [1.54, 1.807) is 11.0 Å². The number of fused-ring (bicyclic) bond motifs is 2. The minimum atomic E-state index is -0.758. The van der Waals surface area contributed by atoms with Gasteiger partial charge < -0.3 is 19.9 Å². The Balaban J connectivity index is 1.20. The number of benzene rings is 2. The number of carbonyl (C=O) groups is 2. The van der Waals surface area contributed by atoms with E-state index in [1.807, 2.05) is 36.5 Å². The smallest absolute Gasteiger partial charge is 0.231 e. The second-order valence-corrected chi connectivity index (χ2v) is 8.77. The van der Waals surface area contributed by atoms with E-state index in [4.69, 9.17) is 4.74 Å². The van der Waals surface area contributed by atoms with Gasteiger partial charge in [-0.1, -0.05) is 36.4 Å². The molecule has 3 aliphatic heterocycles. The lowest BCUT2D eigenvalue weighted by Crippen LogP contribution is -2.41. The highest BCUT2D eigenvalue weighted by Crippen LogP contribution is 2.52. The Morgan fingerprint density at radius 2 is 2.12 bits per heavy atom. The van der Waals surface area contributed by atoms with E-state index in [-0.39, 0.29) is 11.8 Å². The number of para-hydroxylation sites is 1. The number of carbonyl (C=O) groups excluding carboxylic acids is 2. The van der Waals surface area contributed by atoms with Gasteiger partial charge >= 0.3 is 0 Å². The summed E-state index contributed by atoms with van der Waals surface area (Å²) in [4.78, 5) is 31.5. The lowest BCUT2D eigenvalue weighted by Gasteiger charge is -2.23. The van der Waals surface area contributed by atoms with Gasteiger partial charge in [0, 0.05) is 29.3 Å². The SMILES string of the molecule is O=C(Nc1cccc(F)c1)[C@H]1[C@@H]2C=C[C@@]3(CN(CCc4c[nH]c5ccccc45)C(=O)[C@@H]13)O2. The van der Waals surface area contributed by atoms with Crippen molar-refractivity contribution in [2.24, 2.45) is 11.8 Å². The van der Waals surface area contributed by atoms with E-state index in [2.05, 4.69) is 16.4 Å². The lowest BCUT2D eigenvalue weighted by molar-refractivity contribution is -0.135. The summed E-state index contributed by atoms with van der Waals surface area (Å²) in [6.07, 6.45) is 6.09. The van der Waals surface area contributed by atoms with Crippen LogP contribution in [0.1, 0.15) is 5.56 Å². The van der Waals surface area contributed by atoms with Crippen LogP contribution in [0.5, 0.6) is 0 Å². The molecule has 0 radical (unpaired) electrons. The van der Waals surface area contributed by atoms with Crippen LogP contribution in [-0.4, -0.2) is 46.5 Å². The summed E-state index contributed by atoms with van der Waals surface area (Å²) >= 11 is 0. The van der Waals surface area contributed by atoms with Crippen molar-refractivity contribution in [3.8, 4) is 0 Å². The summed E-state index contributed by atoms with van der Waals surface area (Å²) in [6, 6.07) is 13.8. The molecule has 2 amide bonds. The van der Waals surface area contributed by atoms with Crippen LogP contribution < -0.4 is 5.32 Å². The molecule has 2 fully saturated rings. The number of hydrogen-bond donors (Lipinski definition) is 2. The molecule has 1 aromatic heterocycles. The van der Waals surface area contributed by atoms with Gasteiger partial charge in [-0.3, -0.25) is 9.59 Å². The fourth-order valence-electron chi connectivity index (χ4n) is 5.45. The highest BCUT2D eigenvalue weighted by atomic mass is 19.1. The van der Waals surface area contributed by atoms with Gasteiger partial charge in [0.15, 0.2) is 0 Å². The largest absolute Gasteiger partial charge is 0.361 e. The Hall–Kier alpha value is -3.45. The van der Waals surface area contributed by atoms with E-state index >= 15 is 0 Å². The summed E-state index contributed by atoms with van der Waals surface area (Å²) in [5.41, 5.74) is 1.84. The molecule has 6 nitrogen and oxygen atoms in total. The van der Waals surface area contributed by atoms with Crippen LogP contribution in [0.4, 0.5) is 10.1 Å². The molecular formula is C25H22FN3O3. The Morgan fingerprint density at radius 3 is 3.00 bits per heavy atom. The minimum Gasteiger partial charge on any atom is -0.361 e. The zero-order chi connectivity index (χ0) is 21.9. The molecule has 2 N–H and O–H groups in total. The quantitative estimate of drug-likeness (QED) is 0.609. The van der Waals surface area contributed by atoms with Crippen molar-refractivity contribution < 1.29 is 18.7 Å². The second-order valence-electron chi connectivity index (χ2n) is 8.77. The van der Waals surface area contributed by atoms with Crippen molar-refractivity contribution in [2.45, 2.75) is 18.1 Å². The van der Waals surface area contributed by atoms with Crippen molar-refractivity contribution in [1.82, 2.24) is 9.88 Å². The first kappa shape index (κ1) is 19.3. The zero-order valence-corrected chi connectivity index (χ0v) is 17.3. The Bertz CT molecular complexity index is 1270. The number of rotatable bonds is 5. The summed E-state index contributed by atoms with van der Waals surface area (Å²) in [5, 5.41) is 3.92. The molecule has 32 heavy (non-hydrogen) atoms. The molecule has 3 aliphatic rings. The molecule has 6 rings (SSSR count). The molecule has 4 heterocycles. The number of ether oxygens (including phenoxy) is 1. The number of anilines is 1. The molecule has 2 bridgehead atoms. The molecule has 4 atom stereocenters. The zero-order valence-electron chi connectivity index (χ0n) is 17.3. The molecule has 3 aromatic rings. The van der Waals surface area contributed by atoms with Gasteiger partial charge in [-0.05, 0) is 36.2 Å². The first-order valence-corrected chi connectivity index (χ1v) is 10.8. The summed E-state index contributed by atoms with van der Waals surface area (Å²) in [7, 11) is 0. The van der Waals surface area contributed by atoms with Gasteiger partial charge in [-0.15, -0.1) is 0 Å². The Labute approximate surface area is 184 Å². The monoisotopic (exact) mass is 431 g/mol. The topological polar surface area (TPSA) is 74.4 Å². The Kier molecular flexibility index (Phi) is 4.23. The maximum atomic E-state index is 13.5. The number of H-pyrrole nitrogens is 1. The highest BCUT2D eigenvalue weighted by Gasteiger charge is 2.66. The average molecular weight is 431 g/mol. The molecule has 0 saturated carbocycles. The molecule has 2 aromatic carbocycles. The third-order valence-corrected chi connectivity index (χ3v) is 6.90. The van der Waals surface area contributed by atoms with Crippen LogP contribution >= 0.6 is 0 Å². The fraction of sp³-hybridized carbons (Fsp3) is 0.280. The summed E-state index contributed by atoms with van der Waals surface area (Å²) < 4.78 is 19.7. The Morgan fingerprint density at radius 1 is 1.25 bits per heavy atom. The van der Waals surface area contributed by atoms with E-state index < -0.39 is 29.4 Å². The number of hydrogen-bond acceptors (Lipinski definition) is 3.